The fourth-order valence-electron chi connectivity index (χ4n) is 2.39. The maximum absolute atomic E-state index is 12.2. The van der Waals surface area contributed by atoms with Gasteiger partial charge in [-0.05, 0) is 45.0 Å². The molecule has 0 aliphatic carbocycles. The lowest BCUT2D eigenvalue weighted by Crippen LogP contribution is -2.35. The van der Waals surface area contributed by atoms with E-state index in [9.17, 15) is 19.2 Å². The number of benzene rings is 2. The molecule has 0 radical (unpaired) electrons. The van der Waals surface area contributed by atoms with Crippen LogP contribution < -0.4 is 10.6 Å². The van der Waals surface area contributed by atoms with E-state index in [4.69, 9.17) is 4.74 Å². The molecule has 0 bridgehead atoms. The Bertz CT molecular complexity index is 907. The molecule has 0 spiro atoms. The second-order valence-electron chi connectivity index (χ2n) is 6.31. The summed E-state index contributed by atoms with van der Waals surface area (Å²) in [5.74, 6) is -1.81. The summed E-state index contributed by atoms with van der Waals surface area (Å²) in [6.45, 7) is 4.35. The van der Waals surface area contributed by atoms with Gasteiger partial charge in [0.25, 0.3) is 11.8 Å². The van der Waals surface area contributed by atoms with Crippen molar-refractivity contribution >= 4 is 29.3 Å². The van der Waals surface area contributed by atoms with Crippen LogP contribution in [0.25, 0.3) is 0 Å². The van der Waals surface area contributed by atoms with Gasteiger partial charge in [0, 0.05) is 16.8 Å². The van der Waals surface area contributed by atoms with Gasteiger partial charge in [0.05, 0.1) is 0 Å². The Labute approximate surface area is 163 Å². The summed E-state index contributed by atoms with van der Waals surface area (Å²) in [5.41, 5.74) is 2.24. The van der Waals surface area contributed by atoms with Gasteiger partial charge in [0.1, 0.15) is 6.54 Å². The third-order valence-electron chi connectivity index (χ3n) is 3.89. The number of esters is 1. The summed E-state index contributed by atoms with van der Waals surface area (Å²) < 4.78 is 5.04. The van der Waals surface area contributed by atoms with Crippen LogP contribution in [-0.2, 0) is 14.3 Å². The Balaban J connectivity index is 1.84. The minimum Gasteiger partial charge on any atom is -0.451 e. The Morgan fingerprint density at radius 3 is 2.36 bits per heavy atom. The SMILES string of the molecule is CC(=O)c1cccc(NC(=O)[C@H](C)OC(=O)CNC(=O)c2cccc(C)c2)c1. The van der Waals surface area contributed by atoms with E-state index in [-0.39, 0.29) is 12.3 Å². The first-order chi connectivity index (χ1) is 13.3. The topological polar surface area (TPSA) is 102 Å². The third-order valence-corrected chi connectivity index (χ3v) is 3.89. The first-order valence-electron chi connectivity index (χ1n) is 8.72. The van der Waals surface area contributed by atoms with Gasteiger partial charge in [-0.1, -0.05) is 29.8 Å². The van der Waals surface area contributed by atoms with Crippen molar-refractivity contribution in [1.29, 1.82) is 0 Å². The van der Waals surface area contributed by atoms with Gasteiger partial charge in [0.2, 0.25) is 0 Å². The van der Waals surface area contributed by atoms with Gasteiger partial charge in [-0.15, -0.1) is 0 Å². The minimum atomic E-state index is -1.07. The molecule has 28 heavy (non-hydrogen) atoms. The zero-order valence-electron chi connectivity index (χ0n) is 15.9. The average molecular weight is 382 g/mol. The number of amides is 2. The molecule has 2 aromatic rings. The zero-order valence-corrected chi connectivity index (χ0v) is 15.9. The highest BCUT2D eigenvalue weighted by atomic mass is 16.5. The summed E-state index contributed by atoms with van der Waals surface area (Å²) in [4.78, 5) is 47.5. The quantitative estimate of drug-likeness (QED) is 0.566. The average Bonchev–Trinajstić information content (AvgIpc) is 2.66. The molecule has 1 atom stereocenters. The van der Waals surface area contributed by atoms with Crippen LogP contribution in [0.5, 0.6) is 0 Å². The number of anilines is 1. The molecule has 0 heterocycles. The number of rotatable bonds is 7. The standard InChI is InChI=1S/C21H22N2O5/c1-13-6-4-8-17(10-13)21(27)22-12-19(25)28-15(3)20(26)23-18-9-5-7-16(11-18)14(2)24/h4-11,15H,12H2,1-3H3,(H,22,27)(H,23,26)/t15-/m0/s1. The number of hydrogen-bond donors (Lipinski definition) is 2. The van der Waals surface area contributed by atoms with Crippen LogP contribution in [0, 0.1) is 6.92 Å². The molecule has 0 aliphatic rings. The molecule has 0 aromatic heterocycles. The molecule has 2 amide bonds. The summed E-state index contributed by atoms with van der Waals surface area (Å²) in [6, 6.07) is 13.4. The molecule has 0 fully saturated rings. The van der Waals surface area contributed by atoms with Gasteiger partial charge < -0.3 is 15.4 Å². The van der Waals surface area contributed by atoms with E-state index in [1.807, 2.05) is 13.0 Å². The number of aryl methyl sites for hydroxylation is 1. The second kappa shape index (κ2) is 9.45. The van der Waals surface area contributed by atoms with Gasteiger partial charge >= 0.3 is 5.97 Å². The Kier molecular flexibility index (Phi) is 7.03. The van der Waals surface area contributed by atoms with Crippen molar-refractivity contribution in [2.75, 3.05) is 11.9 Å². The van der Waals surface area contributed by atoms with E-state index in [2.05, 4.69) is 10.6 Å². The van der Waals surface area contributed by atoms with Crippen LogP contribution in [0.1, 0.15) is 40.1 Å². The number of carbonyl (C=O) groups is 4. The van der Waals surface area contributed by atoms with Crippen LogP contribution >= 0.6 is 0 Å². The number of carbonyl (C=O) groups excluding carboxylic acids is 4. The Morgan fingerprint density at radius 1 is 1.00 bits per heavy atom. The zero-order chi connectivity index (χ0) is 20.7. The molecule has 2 rings (SSSR count). The molecule has 7 nitrogen and oxygen atoms in total. The molecule has 0 aliphatic heterocycles. The highest BCUT2D eigenvalue weighted by molar-refractivity contribution is 5.99. The number of ketones is 1. The number of Topliss-reactive ketones (excluding diaryl/α,β-unsaturated/α-hetero) is 1. The van der Waals surface area contributed by atoms with Crippen molar-refractivity contribution < 1.29 is 23.9 Å². The fourth-order valence-corrected chi connectivity index (χ4v) is 2.39. The monoisotopic (exact) mass is 382 g/mol. The van der Waals surface area contributed by atoms with Gasteiger partial charge in [0.15, 0.2) is 11.9 Å². The molecule has 0 saturated heterocycles. The predicted molar refractivity (Wildman–Crippen MR) is 104 cm³/mol. The van der Waals surface area contributed by atoms with Crippen molar-refractivity contribution in [3.05, 3.63) is 65.2 Å². The second-order valence-corrected chi connectivity index (χ2v) is 6.31. The van der Waals surface area contributed by atoms with E-state index in [0.29, 0.717) is 16.8 Å². The van der Waals surface area contributed by atoms with Crippen LogP contribution in [0.3, 0.4) is 0 Å². The van der Waals surface area contributed by atoms with Crippen LogP contribution in [-0.4, -0.2) is 36.2 Å². The molecular weight excluding hydrogens is 360 g/mol. The Morgan fingerprint density at radius 2 is 1.68 bits per heavy atom. The van der Waals surface area contributed by atoms with Crippen LogP contribution in [0.2, 0.25) is 0 Å². The number of nitrogens with one attached hydrogen (secondary N) is 2. The van der Waals surface area contributed by atoms with E-state index >= 15 is 0 Å². The largest absolute Gasteiger partial charge is 0.451 e. The summed E-state index contributed by atoms with van der Waals surface area (Å²) in [5, 5.41) is 5.04. The lowest BCUT2D eigenvalue weighted by molar-refractivity contribution is -0.152. The van der Waals surface area contributed by atoms with Gasteiger partial charge in [-0.3, -0.25) is 19.2 Å². The van der Waals surface area contributed by atoms with E-state index in [0.717, 1.165) is 5.56 Å². The molecule has 0 saturated carbocycles. The molecule has 0 unspecified atom stereocenters. The summed E-state index contributed by atoms with van der Waals surface area (Å²) in [6.07, 6.45) is -1.07. The molecular formula is C21H22N2O5. The lowest BCUT2D eigenvalue weighted by Gasteiger charge is -2.14. The first-order valence-corrected chi connectivity index (χ1v) is 8.72. The number of hydrogen-bond acceptors (Lipinski definition) is 5. The van der Waals surface area contributed by atoms with Crippen LogP contribution in [0.15, 0.2) is 48.5 Å². The molecule has 146 valence electrons. The number of ether oxygens (including phenoxy) is 1. The molecule has 7 heteroatoms. The van der Waals surface area contributed by atoms with E-state index in [1.165, 1.54) is 19.9 Å². The van der Waals surface area contributed by atoms with Crippen molar-refractivity contribution in [1.82, 2.24) is 5.32 Å². The first kappa shape index (κ1) is 20.8. The van der Waals surface area contributed by atoms with Crippen molar-refractivity contribution in [2.45, 2.75) is 26.9 Å². The summed E-state index contributed by atoms with van der Waals surface area (Å²) in [7, 11) is 0. The maximum atomic E-state index is 12.2. The van der Waals surface area contributed by atoms with E-state index < -0.39 is 23.9 Å². The van der Waals surface area contributed by atoms with Crippen molar-refractivity contribution in [3.63, 3.8) is 0 Å². The van der Waals surface area contributed by atoms with Crippen molar-refractivity contribution in [3.8, 4) is 0 Å². The van der Waals surface area contributed by atoms with E-state index in [1.54, 1.807) is 36.4 Å². The predicted octanol–water partition coefficient (Wildman–Crippen LogP) is 2.50. The molecule has 2 N–H and O–H groups in total. The highest BCUT2D eigenvalue weighted by Crippen LogP contribution is 2.12. The Hall–Kier alpha value is -3.48. The van der Waals surface area contributed by atoms with Gasteiger partial charge in [-0.2, -0.15) is 0 Å². The molecule has 2 aromatic carbocycles. The lowest BCUT2D eigenvalue weighted by atomic mass is 10.1. The third kappa shape index (κ3) is 6.05. The smallest absolute Gasteiger partial charge is 0.326 e. The highest BCUT2D eigenvalue weighted by Gasteiger charge is 2.19. The van der Waals surface area contributed by atoms with Crippen LogP contribution in [0.4, 0.5) is 5.69 Å². The maximum Gasteiger partial charge on any atom is 0.326 e. The fraction of sp³-hybridized carbons (Fsp3) is 0.238. The summed E-state index contributed by atoms with van der Waals surface area (Å²) >= 11 is 0. The van der Waals surface area contributed by atoms with Crippen molar-refractivity contribution in [2.24, 2.45) is 0 Å². The van der Waals surface area contributed by atoms with Gasteiger partial charge in [-0.25, -0.2) is 0 Å². The minimum absolute atomic E-state index is 0.125. The normalized spacial score (nSPS) is 11.2.